The highest BCUT2D eigenvalue weighted by Crippen LogP contribution is 2.35. The summed E-state index contributed by atoms with van der Waals surface area (Å²) < 4.78 is 26.4. The van der Waals surface area contributed by atoms with Crippen LogP contribution in [0.4, 0.5) is 5.69 Å². The number of halogens is 4. The fourth-order valence-corrected chi connectivity index (χ4v) is 6.04. The van der Waals surface area contributed by atoms with E-state index in [0.717, 1.165) is 41.8 Å². The van der Waals surface area contributed by atoms with Crippen LogP contribution in [0.25, 0.3) is 0 Å². The van der Waals surface area contributed by atoms with Crippen LogP contribution >= 0.6 is 46.4 Å². The van der Waals surface area contributed by atoms with Crippen molar-refractivity contribution in [2.45, 2.75) is 57.7 Å². The maximum absolute atomic E-state index is 13.8. The van der Waals surface area contributed by atoms with Crippen LogP contribution in [0.1, 0.15) is 44.6 Å². The molecule has 1 N–H and O–H groups in total. The van der Waals surface area contributed by atoms with Crippen molar-refractivity contribution in [1.82, 2.24) is 10.2 Å². The van der Waals surface area contributed by atoms with Gasteiger partial charge in [0.25, 0.3) is 0 Å². The topological polar surface area (TPSA) is 86.8 Å². The molecule has 0 aromatic heterocycles. The lowest BCUT2D eigenvalue weighted by atomic mass is 10.1. The maximum Gasteiger partial charge on any atom is 0.244 e. The van der Waals surface area contributed by atoms with Gasteiger partial charge in [0.1, 0.15) is 12.6 Å². The molecule has 0 heterocycles. The Balaban J connectivity index is 1.96. The van der Waals surface area contributed by atoms with Crippen LogP contribution < -0.4 is 9.62 Å². The molecular weight excluding hydrogens is 580 g/mol. The van der Waals surface area contributed by atoms with Crippen molar-refractivity contribution < 1.29 is 18.0 Å². The number of rotatable bonds is 10. The highest BCUT2D eigenvalue weighted by molar-refractivity contribution is 7.92. The fourth-order valence-electron chi connectivity index (χ4n) is 4.37. The van der Waals surface area contributed by atoms with E-state index in [1.165, 1.54) is 17.0 Å². The highest BCUT2D eigenvalue weighted by Gasteiger charge is 2.33. The average Bonchev–Trinajstić information content (AvgIpc) is 3.33. The minimum absolute atomic E-state index is 0.0156. The van der Waals surface area contributed by atoms with Crippen molar-refractivity contribution in [3.05, 3.63) is 62.1 Å². The normalized spacial score (nSPS) is 14.9. The number of amides is 2. The molecule has 0 spiro atoms. The first kappa shape index (κ1) is 29.8. The van der Waals surface area contributed by atoms with Gasteiger partial charge < -0.3 is 10.2 Å². The van der Waals surface area contributed by atoms with E-state index in [1.807, 2.05) is 6.92 Å². The van der Waals surface area contributed by atoms with Gasteiger partial charge in [-0.3, -0.25) is 13.9 Å². The number of benzene rings is 2. The van der Waals surface area contributed by atoms with Gasteiger partial charge in [0.15, 0.2) is 0 Å². The minimum Gasteiger partial charge on any atom is -0.352 e. The zero-order valence-corrected chi connectivity index (χ0v) is 24.4. The zero-order valence-electron chi connectivity index (χ0n) is 20.5. The highest BCUT2D eigenvalue weighted by atomic mass is 35.5. The van der Waals surface area contributed by atoms with Crippen molar-refractivity contribution in [1.29, 1.82) is 0 Å². The molecule has 0 bridgehead atoms. The lowest BCUT2D eigenvalue weighted by Gasteiger charge is -2.33. The van der Waals surface area contributed by atoms with Gasteiger partial charge in [-0.05, 0) is 49.1 Å². The third kappa shape index (κ3) is 7.90. The van der Waals surface area contributed by atoms with Gasteiger partial charge in [0, 0.05) is 17.6 Å². The first-order chi connectivity index (χ1) is 17.4. The first-order valence-electron chi connectivity index (χ1n) is 11.9. The van der Waals surface area contributed by atoms with Crippen LogP contribution in [-0.4, -0.2) is 50.0 Å². The zero-order chi connectivity index (χ0) is 27.3. The molecule has 1 aliphatic rings. The Morgan fingerprint density at radius 1 is 1.00 bits per heavy atom. The number of nitrogens with zero attached hydrogens (tertiary/aromatic N) is 2. The summed E-state index contributed by atoms with van der Waals surface area (Å²) >= 11 is 24.5. The quantitative estimate of drug-likeness (QED) is 0.339. The number of hydrogen-bond donors (Lipinski definition) is 1. The molecular formula is C25H29Cl4N3O4S. The van der Waals surface area contributed by atoms with Crippen LogP contribution in [0, 0.1) is 0 Å². The Hall–Kier alpha value is -1.71. The fraction of sp³-hybridized carbons (Fsp3) is 0.440. The maximum atomic E-state index is 13.8. The Kier molecular flexibility index (Phi) is 10.4. The summed E-state index contributed by atoms with van der Waals surface area (Å²) in [6.45, 7) is 1.31. The number of nitrogens with one attached hydrogen (secondary N) is 1. The molecule has 1 saturated carbocycles. The summed E-state index contributed by atoms with van der Waals surface area (Å²) in [5, 5.41) is 3.84. The molecule has 12 heteroatoms. The summed E-state index contributed by atoms with van der Waals surface area (Å²) in [7, 11) is -3.97. The molecule has 0 saturated heterocycles. The molecule has 3 rings (SSSR count). The number of anilines is 1. The lowest BCUT2D eigenvalue weighted by Crippen LogP contribution is -2.53. The smallest absolute Gasteiger partial charge is 0.244 e. The summed E-state index contributed by atoms with van der Waals surface area (Å²) in [6.07, 6.45) is 5.18. The van der Waals surface area contributed by atoms with Crippen molar-refractivity contribution in [2.75, 3.05) is 17.1 Å². The van der Waals surface area contributed by atoms with Gasteiger partial charge in [-0.1, -0.05) is 78.3 Å². The van der Waals surface area contributed by atoms with Gasteiger partial charge in [-0.2, -0.15) is 0 Å². The van der Waals surface area contributed by atoms with Crippen molar-refractivity contribution in [2.24, 2.45) is 0 Å². The molecule has 2 aromatic rings. The van der Waals surface area contributed by atoms with Gasteiger partial charge in [-0.15, -0.1) is 0 Å². The van der Waals surface area contributed by atoms with Gasteiger partial charge in [0.2, 0.25) is 21.8 Å². The molecule has 0 radical (unpaired) electrons. The van der Waals surface area contributed by atoms with E-state index in [2.05, 4.69) is 5.32 Å². The van der Waals surface area contributed by atoms with Gasteiger partial charge >= 0.3 is 0 Å². The molecule has 0 aliphatic heterocycles. The lowest BCUT2D eigenvalue weighted by molar-refractivity contribution is -0.140. The molecule has 37 heavy (non-hydrogen) atoms. The molecule has 7 nitrogen and oxygen atoms in total. The third-order valence-corrected chi connectivity index (χ3v) is 8.69. The van der Waals surface area contributed by atoms with E-state index >= 15 is 0 Å². The molecule has 2 aromatic carbocycles. The molecule has 1 aliphatic carbocycles. The predicted octanol–water partition coefficient (Wildman–Crippen LogP) is 5.93. The first-order valence-corrected chi connectivity index (χ1v) is 15.2. The van der Waals surface area contributed by atoms with E-state index in [4.69, 9.17) is 46.4 Å². The second-order valence-corrected chi connectivity index (χ2v) is 12.6. The van der Waals surface area contributed by atoms with Crippen LogP contribution in [-0.2, 0) is 26.2 Å². The second kappa shape index (κ2) is 12.9. The van der Waals surface area contributed by atoms with Crippen molar-refractivity contribution in [3.8, 4) is 0 Å². The number of carbonyl (C=O) groups excluding carboxylic acids is 2. The standard InChI is InChI=1S/C25H29Cl4N3O4S/c1-3-22(25(34)30-18-6-4-5-7-18)31(14-16-8-10-17(26)11-9-16)24(33)15-32(37(2,35)36)23-13-20(28)19(27)12-21(23)29/h8-13,18,22H,3-7,14-15H2,1-2H3,(H,30,34)/t22-/m0/s1. The Morgan fingerprint density at radius 2 is 1.59 bits per heavy atom. The van der Waals surface area contributed by atoms with Crippen molar-refractivity contribution >= 4 is 73.9 Å². The second-order valence-electron chi connectivity index (χ2n) is 9.05. The number of carbonyl (C=O) groups is 2. The average molecular weight is 609 g/mol. The van der Waals surface area contributed by atoms with Crippen molar-refractivity contribution in [3.63, 3.8) is 0 Å². The molecule has 0 unspecified atom stereocenters. The summed E-state index contributed by atoms with van der Waals surface area (Å²) in [6, 6.07) is 8.77. The van der Waals surface area contributed by atoms with E-state index in [9.17, 15) is 18.0 Å². The van der Waals surface area contributed by atoms with E-state index in [0.29, 0.717) is 11.4 Å². The summed E-state index contributed by atoms with van der Waals surface area (Å²) in [4.78, 5) is 28.5. The van der Waals surface area contributed by atoms with Gasteiger partial charge in [-0.25, -0.2) is 8.42 Å². The van der Waals surface area contributed by atoms with Crippen LogP contribution in [0.5, 0.6) is 0 Å². The van der Waals surface area contributed by atoms with Crippen LogP contribution in [0.3, 0.4) is 0 Å². The molecule has 1 fully saturated rings. The van der Waals surface area contributed by atoms with Crippen LogP contribution in [0.2, 0.25) is 20.1 Å². The SMILES string of the molecule is CC[C@@H](C(=O)NC1CCCC1)N(Cc1ccc(Cl)cc1)C(=O)CN(c1cc(Cl)c(Cl)cc1Cl)S(C)(=O)=O. The predicted molar refractivity (Wildman–Crippen MR) is 150 cm³/mol. The largest absolute Gasteiger partial charge is 0.352 e. The van der Waals surface area contributed by atoms with Crippen LogP contribution in [0.15, 0.2) is 36.4 Å². The Labute approximate surface area is 238 Å². The van der Waals surface area contributed by atoms with E-state index < -0.39 is 28.5 Å². The summed E-state index contributed by atoms with van der Waals surface area (Å²) in [5.41, 5.74) is 0.755. The summed E-state index contributed by atoms with van der Waals surface area (Å²) in [5.74, 6) is -0.842. The molecule has 202 valence electrons. The third-order valence-electron chi connectivity index (χ3n) is 6.29. The van der Waals surface area contributed by atoms with E-state index in [-0.39, 0.29) is 39.2 Å². The number of hydrogen-bond acceptors (Lipinski definition) is 4. The molecule has 1 atom stereocenters. The monoisotopic (exact) mass is 607 g/mol. The number of sulfonamides is 1. The van der Waals surface area contributed by atoms with E-state index in [1.54, 1.807) is 24.3 Å². The Morgan fingerprint density at radius 3 is 2.16 bits per heavy atom. The Bertz CT molecular complexity index is 1240. The molecule has 2 amide bonds. The minimum atomic E-state index is -3.97. The van der Waals surface area contributed by atoms with Gasteiger partial charge in [0.05, 0.1) is 27.0 Å².